The monoisotopic (exact) mass is 220 g/mol. The molecule has 1 rings (SSSR count). The molecule has 1 heterocycles. The van der Waals surface area contributed by atoms with Gasteiger partial charge >= 0.3 is 6.36 Å². The molecule has 80 valence electrons. The van der Waals surface area contributed by atoms with Gasteiger partial charge in [-0.15, -0.1) is 13.2 Å². The van der Waals surface area contributed by atoms with E-state index in [1.54, 1.807) is 6.07 Å². The van der Waals surface area contributed by atoms with Gasteiger partial charge in [-0.2, -0.15) is 5.26 Å². The summed E-state index contributed by atoms with van der Waals surface area (Å²) >= 11 is 0. The molecular formula is C8H4F4N2O. The van der Waals surface area contributed by atoms with E-state index in [9.17, 15) is 17.6 Å². The fraction of sp³-hybridized carbons (Fsp3) is 0.250. The molecule has 0 aliphatic rings. The average Bonchev–Trinajstić information content (AvgIpc) is 2.14. The molecule has 0 radical (unpaired) electrons. The lowest BCUT2D eigenvalue weighted by molar-refractivity contribution is -0.276. The van der Waals surface area contributed by atoms with Crippen molar-refractivity contribution in [2.24, 2.45) is 0 Å². The second-order valence-electron chi connectivity index (χ2n) is 2.48. The molecule has 0 unspecified atom stereocenters. The number of halogens is 4. The lowest BCUT2D eigenvalue weighted by Crippen LogP contribution is -2.18. The maximum atomic E-state index is 12.1. The lowest BCUT2D eigenvalue weighted by Gasteiger charge is -2.08. The molecule has 0 spiro atoms. The fourth-order valence-electron chi connectivity index (χ4n) is 0.864. The number of aromatic nitrogens is 1. The maximum absolute atomic E-state index is 12.1. The Balaban J connectivity index is 3.03. The zero-order chi connectivity index (χ0) is 11.5. The molecule has 0 amide bonds. The van der Waals surface area contributed by atoms with Crippen LogP contribution in [-0.2, 0) is 6.67 Å². The van der Waals surface area contributed by atoms with Crippen LogP contribution in [0, 0.1) is 11.3 Å². The van der Waals surface area contributed by atoms with Gasteiger partial charge in [-0.3, -0.25) is 0 Å². The summed E-state index contributed by atoms with van der Waals surface area (Å²) in [7, 11) is 0. The molecule has 1 aromatic rings. The van der Waals surface area contributed by atoms with Crippen molar-refractivity contribution >= 4 is 0 Å². The van der Waals surface area contributed by atoms with Gasteiger partial charge in [-0.05, 0) is 6.07 Å². The van der Waals surface area contributed by atoms with E-state index in [2.05, 4.69) is 9.72 Å². The van der Waals surface area contributed by atoms with E-state index < -0.39 is 18.9 Å². The molecule has 0 N–H and O–H groups in total. The van der Waals surface area contributed by atoms with E-state index in [0.29, 0.717) is 0 Å². The van der Waals surface area contributed by atoms with Crippen LogP contribution in [0.4, 0.5) is 17.6 Å². The molecule has 0 atom stereocenters. The first-order valence-electron chi connectivity index (χ1n) is 3.67. The molecule has 3 nitrogen and oxygen atoms in total. The highest BCUT2D eigenvalue weighted by Crippen LogP contribution is 2.22. The van der Waals surface area contributed by atoms with E-state index in [-0.39, 0.29) is 11.3 Å². The van der Waals surface area contributed by atoms with Crippen molar-refractivity contribution in [3.8, 4) is 11.9 Å². The first-order chi connectivity index (χ1) is 6.94. The van der Waals surface area contributed by atoms with Gasteiger partial charge in [0.05, 0.1) is 17.3 Å². The molecule has 7 heteroatoms. The van der Waals surface area contributed by atoms with Crippen LogP contribution in [0.3, 0.4) is 0 Å². The summed E-state index contributed by atoms with van der Waals surface area (Å²) in [6.45, 7) is -1.07. The quantitative estimate of drug-likeness (QED) is 0.718. The Kier molecular flexibility index (Phi) is 3.09. The van der Waals surface area contributed by atoms with Crippen molar-refractivity contribution in [2.45, 2.75) is 13.0 Å². The van der Waals surface area contributed by atoms with E-state index in [1.165, 1.54) is 0 Å². The summed E-state index contributed by atoms with van der Waals surface area (Å²) < 4.78 is 50.9. The van der Waals surface area contributed by atoms with Crippen LogP contribution < -0.4 is 4.74 Å². The van der Waals surface area contributed by atoms with Gasteiger partial charge in [0, 0.05) is 6.07 Å². The molecule has 0 fully saturated rings. The lowest BCUT2D eigenvalue weighted by atomic mass is 10.2. The van der Waals surface area contributed by atoms with Crippen molar-refractivity contribution in [1.29, 1.82) is 5.26 Å². The molecular weight excluding hydrogens is 216 g/mol. The standard InChI is InChI=1S/C8H4F4N2O/c9-3-6-1-5(4-13)2-7(14-6)15-8(10,11)12/h1-2H,3H2. The van der Waals surface area contributed by atoms with Crippen LogP contribution in [0.25, 0.3) is 0 Å². The number of nitriles is 1. The molecule has 0 aliphatic carbocycles. The van der Waals surface area contributed by atoms with Gasteiger partial charge in [-0.1, -0.05) is 0 Å². The van der Waals surface area contributed by atoms with Gasteiger partial charge in [0.1, 0.15) is 6.67 Å². The van der Waals surface area contributed by atoms with Crippen molar-refractivity contribution in [3.05, 3.63) is 23.4 Å². The highest BCUT2D eigenvalue weighted by Gasteiger charge is 2.32. The SMILES string of the molecule is N#Cc1cc(CF)nc(OC(F)(F)F)c1. The smallest absolute Gasteiger partial charge is 0.388 e. The van der Waals surface area contributed by atoms with Crippen LogP contribution in [0.2, 0.25) is 0 Å². The number of hydrogen-bond acceptors (Lipinski definition) is 3. The summed E-state index contributed by atoms with van der Waals surface area (Å²) in [4.78, 5) is 3.22. The van der Waals surface area contributed by atoms with Crippen molar-refractivity contribution < 1.29 is 22.3 Å². The Morgan fingerprint density at radius 3 is 2.53 bits per heavy atom. The zero-order valence-corrected chi connectivity index (χ0v) is 7.18. The average molecular weight is 220 g/mol. The fourth-order valence-corrected chi connectivity index (χ4v) is 0.864. The third kappa shape index (κ3) is 3.42. The van der Waals surface area contributed by atoms with Crippen LogP contribution in [-0.4, -0.2) is 11.3 Å². The van der Waals surface area contributed by atoms with Crippen molar-refractivity contribution in [1.82, 2.24) is 4.98 Å². The second-order valence-corrected chi connectivity index (χ2v) is 2.48. The van der Waals surface area contributed by atoms with Crippen molar-refractivity contribution in [2.75, 3.05) is 0 Å². The second kappa shape index (κ2) is 4.13. The zero-order valence-electron chi connectivity index (χ0n) is 7.18. The van der Waals surface area contributed by atoms with Crippen LogP contribution in [0.5, 0.6) is 5.88 Å². The van der Waals surface area contributed by atoms with E-state index in [1.807, 2.05) is 0 Å². The Morgan fingerprint density at radius 1 is 1.40 bits per heavy atom. The van der Waals surface area contributed by atoms with Crippen LogP contribution >= 0.6 is 0 Å². The van der Waals surface area contributed by atoms with Crippen LogP contribution in [0.15, 0.2) is 12.1 Å². The van der Waals surface area contributed by atoms with E-state index in [0.717, 1.165) is 12.1 Å². The highest BCUT2D eigenvalue weighted by molar-refractivity contribution is 5.34. The minimum absolute atomic E-state index is 0.142. The van der Waals surface area contributed by atoms with Gasteiger partial charge in [0.15, 0.2) is 0 Å². The van der Waals surface area contributed by atoms with E-state index in [4.69, 9.17) is 5.26 Å². The summed E-state index contributed by atoms with van der Waals surface area (Å²) in [6.07, 6.45) is -4.91. The van der Waals surface area contributed by atoms with Gasteiger partial charge in [0.2, 0.25) is 5.88 Å². The minimum atomic E-state index is -4.91. The van der Waals surface area contributed by atoms with Gasteiger partial charge < -0.3 is 4.74 Å². The Hall–Kier alpha value is -1.84. The Bertz CT molecular complexity index is 397. The number of hydrogen-bond donors (Lipinski definition) is 0. The number of alkyl halides is 4. The molecule has 0 saturated carbocycles. The third-order valence-electron chi connectivity index (χ3n) is 1.34. The summed E-state index contributed by atoms with van der Waals surface area (Å²) in [5, 5.41) is 8.44. The third-order valence-corrected chi connectivity index (χ3v) is 1.34. The van der Waals surface area contributed by atoms with Crippen molar-refractivity contribution in [3.63, 3.8) is 0 Å². The molecule has 1 aromatic heterocycles. The predicted molar refractivity (Wildman–Crippen MR) is 40.4 cm³/mol. The number of pyridine rings is 1. The number of rotatable bonds is 2. The van der Waals surface area contributed by atoms with Gasteiger partial charge in [0.25, 0.3) is 0 Å². The maximum Gasteiger partial charge on any atom is 0.574 e. The molecule has 15 heavy (non-hydrogen) atoms. The minimum Gasteiger partial charge on any atom is -0.388 e. The number of ether oxygens (including phenoxy) is 1. The molecule has 0 bridgehead atoms. The Labute approximate surface area is 81.9 Å². The van der Waals surface area contributed by atoms with Crippen LogP contribution in [0.1, 0.15) is 11.3 Å². The Morgan fingerprint density at radius 2 is 2.07 bits per heavy atom. The molecule has 0 aliphatic heterocycles. The molecule has 0 saturated heterocycles. The van der Waals surface area contributed by atoms with Gasteiger partial charge in [-0.25, -0.2) is 9.37 Å². The largest absolute Gasteiger partial charge is 0.574 e. The predicted octanol–water partition coefficient (Wildman–Crippen LogP) is 2.32. The van der Waals surface area contributed by atoms with E-state index >= 15 is 0 Å². The highest BCUT2D eigenvalue weighted by atomic mass is 19.4. The number of nitrogens with zero attached hydrogens (tertiary/aromatic N) is 2. The normalized spacial score (nSPS) is 10.9. The topological polar surface area (TPSA) is 45.9 Å². The summed E-state index contributed by atoms with van der Waals surface area (Å²) in [6, 6.07) is 3.40. The first-order valence-corrected chi connectivity index (χ1v) is 3.67. The molecule has 0 aromatic carbocycles. The summed E-state index contributed by atoms with van der Waals surface area (Å²) in [5.74, 6) is -0.839. The summed E-state index contributed by atoms with van der Waals surface area (Å²) in [5.41, 5.74) is -0.426. The first kappa shape index (κ1) is 11.2.